The maximum absolute atomic E-state index is 14.3. The zero-order chi connectivity index (χ0) is 47.5. The van der Waals surface area contributed by atoms with Crippen molar-refractivity contribution in [3.8, 4) is 0 Å². The first-order chi connectivity index (χ1) is 29.8. The Morgan fingerprint density at radius 2 is 1.48 bits per heavy atom. The van der Waals surface area contributed by atoms with Crippen molar-refractivity contribution in [1.82, 2.24) is 4.90 Å². The van der Waals surface area contributed by atoms with Crippen LogP contribution in [0.5, 0.6) is 0 Å². The van der Waals surface area contributed by atoms with Crippen molar-refractivity contribution >= 4 is 29.2 Å². The number of amides is 1. The van der Waals surface area contributed by atoms with Gasteiger partial charge in [-0.3, -0.25) is 19.2 Å². The summed E-state index contributed by atoms with van der Waals surface area (Å²) in [6.07, 6.45) is 9.91. The Balaban J connectivity index is 1.53. The van der Waals surface area contributed by atoms with Gasteiger partial charge in [0, 0.05) is 55.4 Å². The van der Waals surface area contributed by atoms with E-state index in [1.165, 1.54) is 11.8 Å². The number of Topliss-reactive ketones (excluding diaryl/α,β-unsaturated/α-hetero) is 3. The summed E-state index contributed by atoms with van der Waals surface area (Å²) in [6, 6.07) is -1.10. The predicted molar refractivity (Wildman–Crippen MR) is 241 cm³/mol. The number of carbonyl (C=O) groups excluding carboxylic acids is 5. The number of ketones is 3. The van der Waals surface area contributed by atoms with Crippen LogP contribution in [-0.4, -0.2) is 106 Å². The van der Waals surface area contributed by atoms with Crippen LogP contribution in [0.25, 0.3) is 0 Å². The van der Waals surface area contributed by atoms with Crippen molar-refractivity contribution in [2.24, 2.45) is 35.5 Å². The third kappa shape index (κ3) is 12.7. The monoisotopic (exact) mass is 898 g/mol. The molecular formula is C51H79NO12. The van der Waals surface area contributed by atoms with Gasteiger partial charge in [-0.1, -0.05) is 59.8 Å². The molecule has 0 aliphatic carbocycles. The standard InChI is InChI=1S/C51H79NO12/c1-14-37-19-21-41(32(5)25-30(3)36(9)53)59-48(57)40-17-15-16-22-52(40)47(56)46(55)51(58)34(7)18-20-38(61-51)26-43-35(8)44(64-50(12,13)63-43)28-39-27-42(62-49(10,11)60-39)31(4)23-29(2)24-33(6)45(37)54/h19,21,23,25,29-30,33-35,37-44,58H,14-18,20,22,24,26-28H2,1-13H3. The summed E-state index contributed by atoms with van der Waals surface area (Å²) < 4.78 is 38.6. The van der Waals surface area contributed by atoms with Crippen molar-refractivity contribution in [3.63, 3.8) is 0 Å². The number of ether oxygens (including phenoxy) is 6. The molecule has 0 aromatic carbocycles. The van der Waals surface area contributed by atoms with Crippen molar-refractivity contribution < 1.29 is 57.5 Å². The molecule has 13 nitrogen and oxygen atoms in total. The highest BCUT2D eigenvalue weighted by atomic mass is 16.7. The number of esters is 1. The molecule has 5 rings (SSSR count). The van der Waals surface area contributed by atoms with Crippen LogP contribution in [0.3, 0.4) is 0 Å². The largest absolute Gasteiger partial charge is 0.452 e. The van der Waals surface area contributed by atoms with Gasteiger partial charge in [-0.2, -0.15) is 0 Å². The van der Waals surface area contributed by atoms with E-state index < -0.39 is 71.0 Å². The van der Waals surface area contributed by atoms with Gasteiger partial charge in [-0.05, 0) is 117 Å². The first kappa shape index (κ1) is 51.9. The molecule has 5 aliphatic heterocycles. The molecule has 64 heavy (non-hydrogen) atoms. The van der Waals surface area contributed by atoms with Crippen LogP contribution in [0.1, 0.15) is 154 Å². The van der Waals surface area contributed by atoms with Crippen molar-refractivity contribution in [1.29, 1.82) is 0 Å². The van der Waals surface area contributed by atoms with E-state index >= 15 is 0 Å². The average molecular weight is 898 g/mol. The molecule has 360 valence electrons. The highest BCUT2D eigenvalue weighted by Gasteiger charge is 2.54. The summed E-state index contributed by atoms with van der Waals surface area (Å²) in [5, 5.41) is 12.1. The van der Waals surface area contributed by atoms with E-state index in [-0.39, 0.29) is 66.7 Å². The predicted octanol–water partition coefficient (Wildman–Crippen LogP) is 8.14. The molecule has 14 unspecified atom stereocenters. The summed E-state index contributed by atoms with van der Waals surface area (Å²) in [5.74, 6) is -9.03. The Kier molecular flexibility index (Phi) is 17.2. The van der Waals surface area contributed by atoms with Crippen molar-refractivity contribution in [2.75, 3.05) is 6.54 Å². The molecule has 0 aromatic rings. The van der Waals surface area contributed by atoms with Crippen molar-refractivity contribution in [3.05, 3.63) is 35.5 Å². The molecule has 14 atom stereocenters. The lowest BCUT2D eigenvalue weighted by atomic mass is 9.82. The van der Waals surface area contributed by atoms with Crippen LogP contribution < -0.4 is 0 Å². The topological polar surface area (TPSA) is 164 Å². The number of carbonyl (C=O) groups is 5. The number of hydrogen-bond donors (Lipinski definition) is 1. The normalized spacial score (nSPS) is 39.2. The fraction of sp³-hybridized carbons (Fsp3) is 0.784. The minimum absolute atomic E-state index is 0.0633. The zero-order valence-electron chi connectivity index (χ0n) is 41.0. The van der Waals surface area contributed by atoms with Crippen LogP contribution in [0.4, 0.5) is 0 Å². The van der Waals surface area contributed by atoms with E-state index in [1.807, 2.05) is 41.5 Å². The van der Waals surface area contributed by atoms with Gasteiger partial charge in [-0.15, -0.1) is 0 Å². The third-order valence-electron chi connectivity index (χ3n) is 14.3. The average Bonchev–Trinajstić information content (AvgIpc) is 3.21. The third-order valence-corrected chi connectivity index (χ3v) is 14.3. The molecule has 5 heterocycles. The first-order valence-electron chi connectivity index (χ1n) is 24.1. The van der Waals surface area contributed by atoms with Gasteiger partial charge < -0.3 is 38.4 Å². The molecule has 0 saturated carbocycles. The van der Waals surface area contributed by atoms with Crippen LogP contribution in [-0.2, 0) is 52.4 Å². The van der Waals surface area contributed by atoms with E-state index in [1.54, 1.807) is 39.0 Å². The van der Waals surface area contributed by atoms with Crippen LogP contribution >= 0.6 is 0 Å². The summed E-state index contributed by atoms with van der Waals surface area (Å²) in [7, 11) is 0. The number of allylic oxidation sites excluding steroid dienone is 3. The smallest absolute Gasteiger partial charge is 0.329 e. The van der Waals surface area contributed by atoms with Gasteiger partial charge in [-0.25, -0.2) is 4.79 Å². The van der Waals surface area contributed by atoms with E-state index in [9.17, 15) is 29.1 Å². The van der Waals surface area contributed by atoms with Gasteiger partial charge in [0.15, 0.2) is 11.6 Å². The summed E-state index contributed by atoms with van der Waals surface area (Å²) in [5.41, 5.74) is 1.66. The lowest BCUT2D eigenvalue weighted by Crippen LogP contribution is -2.61. The lowest BCUT2D eigenvalue weighted by molar-refractivity contribution is -0.341. The molecular weight excluding hydrogens is 819 g/mol. The number of nitrogens with zero attached hydrogens (tertiary/aromatic N) is 1. The second-order valence-electron chi connectivity index (χ2n) is 20.8. The highest BCUT2D eigenvalue weighted by molar-refractivity contribution is 6.39. The van der Waals surface area contributed by atoms with E-state index in [0.29, 0.717) is 63.4 Å². The molecule has 4 saturated heterocycles. The summed E-state index contributed by atoms with van der Waals surface area (Å²) in [4.78, 5) is 70.5. The Morgan fingerprint density at radius 1 is 0.844 bits per heavy atom. The van der Waals surface area contributed by atoms with Gasteiger partial charge in [0.1, 0.15) is 23.7 Å². The molecule has 0 spiro atoms. The summed E-state index contributed by atoms with van der Waals surface area (Å²) >= 11 is 0. The number of hydrogen-bond acceptors (Lipinski definition) is 12. The Bertz CT molecular complexity index is 1800. The SMILES string of the molecule is CCC1C=CC(C(C)=CC(C)C(C)=O)OC(=O)C2CCCCN2C(=O)C(=O)C2(O)OC(CCC2C)CC2OC(C)(C)OC(CC3CC(OC(C)(C)O3)C(C)=CC(C)CC(C)C1=O)C2C. The number of aliphatic hydroxyl groups is 1. The fourth-order valence-corrected chi connectivity index (χ4v) is 10.4. The number of fused-ring (bicyclic) bond motifs is 7. The molecule has 6 bridgehead atoms. The second-order valence-corrected chi connectivity index (χ2v) is 20.8. The van der Waals surface area contributed by atoms with Crippen LogP contribution in [0.2, 0.25) is 0 Å². The molecule has 13 heteroatoms. The van der Waals surface area contributed by atoms with Gasteiger partial charge in [0.25, 0.3) is 11.7 Å². The quantitative estimate of drug-likeness (QED) is 0.164. The maximum atomic E-state index is 14.3. The minimum atomic E-state index is -2.43. The van der Waals surface area contributed by atoms with Gasteiger partial charge in [0.05, 0.1) is 30.5 Å². The first-order valence-corrected chi connectivity index (χ1v) is 24.1. The van der Waals surface area contributed by atoms with Crippen LogP contribution in [0, 0.1) is 35.5 Å². The Labute approximate surface area is 382 Å². The highest BCUT2D eigenvalue weighted by Crippen LogP contribution is 2.42. The molecule has 5 aliphatic rings. The maximum Gasteiger partial charge on any atom is 0.329 e. The number of cyclic esters (lactones) is 1. The molecule has 0 radical (unpaired) electrons. The fourth-order valence-electron chi connectivity index (χ4n) is 10.4. The van der Waals surface area contributed by atoms with E-state index in [4.69, 9.17) is 28.4 Å². The van der Waals surface area contributed by atoms with Crippen LogP contribution in [0.15, 0.2) is 35.5 Å². The number of piperidine rings is 1. The number of rotatable bonds is 4. The Morgan fingerprint density at radius 3 is 2.12 bits per heavy atom. The molecule has 1 amide bonds. The zero-order valence-corrected chi connectivity index (χ0v) is 41.0. The lowest BCUT2D eigenvalue weighted by Gasteiger charge is -2.49. The molecule has 0 aromatic heterocycles. The second kappa shape index (κ2) is 21.3. The minimum Gasteiger partial charge on any atom is -0.452 e. The van der Waals surface area contributed by atoms with E-state index in [2.05, 4.69) is 26.8 Å². The summed E-state index contributed by atoms with van der Waals surface area (Å²) in [6.45, 7) is 24.6. The van der Waals surface area contributed by atoms with Gasteiger partial charge in [0.2, 0.25) is 5.79 Å². The molecule has 1 N–H and O–H groups in total. The van der Waals surface area contributed by atoms with Gasteiger partial charge >= 0.3 is 5.97 Å². The van der Waals surface area contributed by atoms with Crippen molar-refractivity contribution in [2.45, 2.75) is 214 Å². The van der Waals surface area contributed by atoms with E-state index in [0.717, 1.165) is 5.57 Å². The Hall–Kier alpha value is -3.07. The molecule has 4 fully saturated rings.